The zero-order chi connectivity index (χ0) is 31.6. The molecule has 0 atom stereocenters. The van der Waals surface area contributed by atoms with Crippen molar-refractivity contribution in [3.63, 3.8) is 0 Å². The monoisotopic (exact) mass is 629 g/mol. The van der Waals surface area contributed by atoms with Crippen LogP contribution in [0, 0.1) is 0 Å². The summed E-state index contributed by atoms with van der Waals surface area (Å²) in [7, 11) is -2.20. The van der Waals surface area contributed by atoms with Gasteiger partial charge < -0.3 is 23.7 Å². The summed E-state index contributed by atoms with van der Waals surface area (Å²) in [6.45, 7) is 0. The maximum atomic E-state index is 9.87. The molecule has 0 radical (unpaired) electrons. The van der Waals surface area contributed by atoms with Gasteiger partial charge in [-0.2, -0.15) is 0 Å². The van der Waals surface area contributed by atoms with Crippen molar-refractivity contribution in [2.24, 2.45) is 0 Å². The van der Waals surface area contributed by atoms with E-state index in [-0.39, 0.29) is 5.92 Å². The number of hydrogen-bond acceptors (Lipinski definition) is 5. The van der Waals surface area contributed by atoms with Crippen LogP contribution in [0.3, 0.4) is 0 Å². The van der Waals surface area contributed by atoms with Crippen LogP contribution in [0.15, 0.2) is 78.9 Å². The number of nitrogens with one attached hydrogen (secondary N) is 1. The molecule has 1 heterocycles. The first-order chi connectivity index (χ1) is 20.1. The van der Waals surface area contributed by atoms with Crippen LogP contribution in [-0.4, -0.2) is 35.5 Å². The van der Waals surface area contributed by atoms with Crippen LogP contribution in [0.4, 0.5) is 42.2 Å². The molecule has 0 saturated carbocycles. The Balaban J connectivity index is 0.000000541. The number of hydrogen-bond donors (Lipinski definition) is 1. The van der Waals surface area contributed by atoms with Gasteiger partial charge in [0.05, 0.1) is 52.6 Å². The minimum atomic E-state index is -10.7. The number of halogens is 6. The zero-order valence-electron chi connectivity index (χ0n) is 23.8. The molecule has 1 N–H and O–H groups in total. The average molecular weight is 630 g/mol. The van der Waals surface area contributed by atoms with Crippen molar-refractivity contribution in [3.05, 3.63) is 95.6 Å². The summed E-state index contributed by atoms with van der Waals surface area (Å²) in [4.78, 5) is 1.06. The Morgan fingerprint density at radius 3 is 1.14 bits per heavy atom. The summed E-state index contributed by atoms with van der Waals surface area (Å²) in [6.07, 6.45) is 0. The van der Waals surface area contributed by atoms with E-state index in [1.54, 1.807) is 35.5 Å². The number of rotatable bonds is 7. The number of benzene rings is 4. The third kappa shape index (κ3) is 7.09. The van der Waals surface area contributed by atoms with Crippen molar-refractivity contribution in [1.29, 1.82) is 0 Å². The first-order valence-corrected chi connectivity index (χ1v) is 14.8. The number of ether oxygens (including phenoxy) is 5. The zero-order valence-corrected chi connectivity index (χ0v) is 24.7. The second kappa shape index (κ2) is 11.2. The van der Waals surface area contributed by atoms with Gasteiger partial charge >= 0.3 is 33.0 Å². The van der Waals surface area contributed by atoms with Crippen molar-refractivity contribution >= 4 is 24.9 Å². The third-order valence-corrected chi connectivity index (χ3v) is 6.82. The standard InChI is InChI=1S/C30H29NO5.F6P/c1-32-22-14-7-6-11-19(22)31-20-12-8-15-23(33-2)27(20)30(28-21(31)13-9-16-24(28)34-3)29-25(35-4)17-10-18-26(29)36-5;1-7(2,3,4,5)6/h6-18,30H,1-5H3;/q;-1/p+1. The predicted octanol–water partition coefficient (Wildman–Crippen LogP) is 8.79. The molecule has 5 rings (SSSR count). The topological polar surface area (TPSA) is 50.6 Å². The van der Waals surface area contributed by atoms with E-state index >= 15 is 0 Å². The van der Waals surface area contributed by atoms with Gasteiger partial charge in [0, 0.05) is 23.8 Å². The van der Waals surface area contributed by atoms with Crippen LogP contribution in [0.25, 0.3) is 0 Å². The maximum absolute atomic E-state index is 10.7. The van der Waals surface area contributed by atoms with Gasteiger partial charge in [-0.05, 0) is 30.3 Å². The Bertz CT molecular complexity index is 1540. The summed E-state index contributed by atoms with van der Waals surface area (Å²) in [5, 5.41) is 0. The van der Waals surface area contributed by atoms with E-state index in [1.807, 2.05) is 60.7 Å². The molecule has 4 aromatic carbocycles. The fourth-order valence-electron chi connectivity index (χ4n) is 5.36. The molecule has 0 amide bonds. The summed E-state index contributed by atoms with van der Waals surface area (Å²) in [5.41, 5.74) is 6.05. The fourth-order valence-corrected chi connectivity index (χ4v) is 5.36. The van der Waals surface area contributed by atoms with Crippen LogP contribution >= 0.6 is 7.81 Å². The molecule has 0 spiro atoms. The number of methoxy groups -OCH3 is 5. The molecular formula is C30H30F6NO5P. The van der Waals surface area contributed by atoms with Crippen LogP contribution in [-0.2, 0) is 0 Å². The van der Waals surface area contributed by atoms with Crippen molar-refractivity contribution in [1.82, 2.24) is 0 Å². The summed E-state index contributed by atoms with van der Waals surface area (Å²) >= 11 is 0. The van der Waals surface area contributed by atoms with Crippen molar-refractivity contribution in [2.45, 2.75) is 5.92 Å². The van der Waals surface area contributed by atoms with E-state index in [1.165, 1.54) is 0 Å². The van der Waals surface area contributed by atoms with Crippen molar-refractivity contribution in [3.8, 4) is 28.7 Å². The van der Waals surface area contributed by atoms with E-state index in [9.17, 15) is 25.2 Å². The van der Waals surface area contributed by atoms with Gasteiger partial charge in [0.15, 0.2) is 11.4 Å². The van der Waals surface area contributed by atoms with Crippen molar-refractivity contribution < 1.29 is 53.8 Å². The fraction of sp³-hybridized carbons (Fsp3) is 0.200. The van der Waals surface area contributed by atoms with E-state index in [2.05, 4.69) is 18.2 Å². The van der Waals surface area contributed by atoms with Gasteiger partial charge in [-0.3, -0.25) is 0 Å². The molecule has 1 aliphatic heterocycles. The number of quaternary nitrogens is 1. The van der Waals surface area contributed by atoms with Crippen LogP contribution in [0.5, 0.6) is 28.7 Å². The van der Waals surface area contributed by atoms with Gasteiger partial charge in [-0.15, -0.1) is 0 Å². The van der Waals surface area contributed by atoms with Gasteiger partial charge in [0.1, 0.15) is 34.4 Å². The average Bonchev–Trinajstić information content (AvgIpc) is 2.97. The molecule has 232 valence electrons. The number of para-hydroxylation sites is 2. The van der Waals surface area contributed by atoms with Gasteiger partial charge in [-0.25, -0.2) is 4.90 Å². The van der Waals surface area contributed by atoms with E-state index in [0.29, 0.717) is 0 Å². The first-order valence-electron chi connectivity index (χ1n) is 12.8. The molecule has 13 heteroatoms. The molecule has 0 fully saturated rings. The first kappa shape index (κ1) is 31.8. The second-order valence-corrected chi connectivity index (χ2v) is 11.3. The quantitative estimate of drug-likeness (QED) is 0.144. The van der Waals surface area contributed by atoms with E-state index in [4.69, 9.17) is 23.7 Å². The van der Waals surface area contributed by atoms with E-state index in [0.717, 1.165) is 67.4 Å². The van der Waals surface area contributed by atoms with Gasteiger partial charge in [-0.1, -0.05) is 30.3 Å². The summed E-state index contributed by atoms with van der Waals surface area (Å²) < 4.78 is 88.7. The molecule has 0 bridgehead atoms. The van der Waals surface area contributed by atoms with Crippen LogP contribution in [0.1, 0.15) is 22.6 Å². The molecule has 6 nitrogen and oxygen atoms in total. The SMILES string of the molecule is COc1ccccc1[NH+]1c2cccc(OC)c2C(c2c(OC)cccc2OC)c2c(OC)cccc21.F[P-](F)(F)(F)(F)F. The Hall–Kier alpha value is -4.15. The number of fused-ring (bicyclic) bond motifs is 2. The van der Waals surface area contributed by atoms with E-state index < -0.39 is 7.81 Å². The minimum absolute atomic E-state index is 0.271. The van der Waals surface area contributed by atoms with Gasteiger partial charge in [0.2, 0.25) is 0 Å². The summed E-state index contributed by atoms with van der Waals surface area (Å²) in [5.74, 6) is 3.53. The predicted molar refractivity (Wildman–Crippen MR) is 153 cm³/mol. The Morgan fingerprint density at radius 2 is 0.744 bits per heavy atom. The molecule has 0 saturated heterocycles. The molecule has 1 aliphatic rings. The molecule has 0 aromatic heterocycles. The van der Waals surface area contributed by atoms with Crippen LogP contribution in [0.2, 0.25) is 0 Å². The van der Waals surface area contributed by atoms with Gasteiger partial charge in [0.25, 0.3) is 0 Å². The van der Waals surface area contributed by atoms with Crippen LogP contribution < -0.4 is 28.6 Å². The molecule has 43 heavy (non-hydrogen) atoms. The Morgan fingerprint density at radius 1 is 0.442 bits per heavy atom. The Kier molecular flexibility index (Phi) is 8.25. The van der Waals surface area contributed by atoms with Crippen molar-refractivity contribution in [2.75, 3.05) is 35.5 Å². The molecule has 0 unspecified atom stereocenters. The molecular weight excluding hydrogens is 599 g/mol. The third-order valence-electron chi connectivity index (χ3n) is 6.82. The Labute approximate surface area is 244 Å². The normalized spacial score (nSPS) is 17.1. The molecule has 0 aliphatic carbocycles. The summed E-state index contributed by atoms with van der Waals surface area (Å²) in [6, 6.07) is 26.2. The molecule has 4 aromatic rings. The second-order valence-electron chi connectivity index (χ2n) is 9.39.